The summed E-state index contributed by atoms with van der Waals surface area (Å²) in [6.45, 7) is 5.26. The van der Waals surface area contributed by atoms with E-state index in [0.717, 1.165) is 25.1 Å². The third kappa shape index (κ3) is 3.37. The van der Waals surface area contributed by atoms with Crippen LogP contribution in [0.1, 0.15) is 26.7 Å². The molecule has 3 nitrogen and oxygen atoms in total. The number of phenolic OH excluding ortho intramolecular Hbond substituents is 1. The average molecular weight is 237 g/mol. The summed E-state index contributed by atoms with van der Waals surface area (Å²) < 4.78 is 0. The summed E-state index contributed by atoms with van der Waals surface area (Å²) >= 11 is 0. The van der Waals surface area contributed by atoms with E-state index in [1.807, 2.05) is 19.2 Å². The van der Waals surface area contributed by atoms with Gasteiger partial charge in [-0.25, -0.2) is 0 Å². The molecule has 1 aromatic rings. The molecule has 0 aliphatic carbocycles. The van der Waals surface area contributed by atoms with E-state index in [9.17, 15) is 10.2 Å². The van der Waals surface area contributed by atoms with Crippen molar-refractivity contribution >= 4 is 5.69 Å². The highest BCUT2D eigenvalue weighted by Gasteiger charge is 2.26. The predicted molar refractivity (Wildman–Crippen MR) is 71.5 cm³/mol. The summed E-state index contributed by atoms with van der Waals surface area (Å²) in [5.74, 6) is 0.279. The van der Waals surface area contributed by atoms with Crippen LogP contribution in [0.25, 0.3) is 0 Å². The molecule has 0 atom stereocenters. The van der Waals surface area contributed by atoms with Crippen molar-refractivity contribution in [2.24, 2.45) is 5.41 Å². The van der Waals surface area contributed by atoms with Gasteiger partial charge in [-0.1, -0.05) is 13.8 Å². The fraction of sp³-hybridized carbons (Fsp3) is 0.571. The molecule has 17 heavy (non-hydrogen) atoms. The van der Waals surface area contributed by atoms with Gasteiger partial charge in [0.25, 0.3) is 0 Å². The first-order valence-electron chi connectivity index (χ1n) is 6.18. The first-order chi connectivity index (χ1) is 8.06. The molecule has 0 bridgehead atoms. The molecule has 0 heterocycles. The molecule has 1 aromatic carbocycles. The van der Waals surface area contributed by atoms with Crippen molar-refractivity contribution in [2.45, 2.75) is 26.7 Å². The molecule has 0 saturated heterocycles. The van der Waals surface area contributed by atoms with E-state index in [-0.39, 0.29) is 17.8 Å². The van der Waals surface area contributed by atoms with Gasteiger partial charge in [0.1, 0.15) is 5.75 Å². The molecule has 1 rings (SSSR count). The number of benzene rings is 1. The van der Waals surface area contributed by atoms with Crippen molar-refractivity contribution in [3.8, 4) is 5.75 Å². The van der Waals surface area contributed by atoms with E-state index in [4.69, 9.17) is 0 Å². The second-order valence-corrected chi connectivity index (χ2v) is 4.74. The molecular weight excluding hydrogens is 214 g/mol. The second-order valence-electron chi connectivity index (χ2n) is 4.74. The van der Waals surface area contributed by atoms with Crippen LogP contribution in [-0.4, -0.2) is 30.4 Å². The Bertz CT molecular complexity index is 322. The van der Waals surface area contributed by atoms with E-state index in [0.29, 0.717) is 0 Å². The van der Waals surface area contributed by atoms with E-state index in [1.54, 1.807) is 12.1 Å². The Balaban J connectivity index is 2.76. The summed E-state index contributed by atoms with van der Waals surface area (Å²) in [7, 11) is 2.02. The molecule has 0 spiro atoms. The Kier molecular flexibility index (Phi) is 4.82. The Morgan fingerprint density at radius 3 is 2.06 bits per heavy atom. The highest BCUT2D eigenvalue weighted by molar-refractivity contribution is 5.48. The van der Waals surface area contributed by atoms with Crippen LogP contribution in [0.15, 0.2) is 24.3 Å². The minimum Gasteiger partial charge on any atom is -0.508 e. The summed E-state index contributed by atoms with van der Waals surface area (Å²) in [4.78, 5) is 2.13. The summed E-state index contributed by atoms with van der Waals surface area (Å²) in [5, 5.41) is 18.8. The first-order valence-corrected chi connectivity index (χ1v) is 6.18. The smallest absolute Gasteiger partial charge is 0.115 e. The van der Waals surface area contributed by atoms with Crippen molar-refractivity contribution in [3.05, 3.63) is 24.3 Å². The number of hydrogen-bond acceptors (Lipinski definition) is 3. The lowest BCUT2D eigenvalue weighted by atomic mass is 9.82. The van der Waals surface area contributed by atoms with E-state index >= 15 is 0 Å². The maximum Gasteiger partial charge on any atom is 0.115 e. The van der Waals surface area contributed by atoms with Crippen LogP contribution in [0.4, 0.5) is 5.69 Å². The van der Waals surface area contributed by atoms with Crippen molar-refractivity contribution in [3.63, 3.8) is 0 Å². The topological polar surface area (TPSA) is 43.7 Å². The molecule has 0 radical (unpaired) electrons. The molecule has 0 aromatic heterocycles. The highest BCUT2D eigenvalue weighted by atomic mass is 16.3. The van der Waals surface area contributed by atoms with Gasteiger partial charge in [0, 0.05) is 24.7 Å². The van der Waals surface area contributed by atoms with E-state index in [2.05, 4.69) is 18.7 Å². The van der Waals surface area contributed by atoms with Crippen molar-refractivity contribution < 1.29 is 10.2 Å². The monoisotopic (exact) mass is 237 g/mol. The first kappa shape index (κ1) is 13.8. The van der Waals surface area contributed by atoms with Crippen LogP contribution >= 0.6 is 0 Å². The molecular formula is C14H23NO2. The quantitative estimate of drug-likeness (QED) is 0.799. The molecule has 0 amide bonds. The van der Waals surface area contributed by atoms with Gasteiger partial charge in [-0.2, -0.15) is 0 Å². The lowest BCUT2D eigenvalue weighted by Crippen LogP contribution is -2.37. The Labute approximate surface area is 104 Å². The fourth-order valence-corrected chi connectivity index (χ4v) is 2.05. The molecule has 0 aliphatic heterocycles. The van der Waals surface area contributed by atoms with Crippen LogP contribution < -0.4 is 4.90 Å². The average Bonchev–Trinajstić information content (AvgIpc) is 2.37. The van der Waals surface area contributed by atoms with Gasteiger partial charge >= 0.3 is 0 Å². The Hall–Kier alpha value is -1.22. The van der Waals surface area contributed by atoms with Crippen LogP contribution in [0.5, 0.6) is 5.75 Å². The van der Waals surface area contributed by atoms with E-state index < -0.39 is 0 Å². The fourth-order valence-electron chi connectivity index (χ4n) is 2.05. The molecule has 0 saturated carbocycles. The standard InChI is InChI=1S/C14H23NO2/c1-4-14(5-2,11-16)10-15(3)12-6-8-13(17)9-7-12/h6-9,16-17H,4-5,10-11H2,1-3H3. The van der Waals surface area contributed by atoms with Crippen molar-refractivity contribution in [1.82, 2.24) is 0 Å². The molecule has 2 N–H and O–H groups in total. The minimum atomic E-state index is -0.0351. The number of nitrogens with zero attached hydrogens (tertiary/aromatic N) is 1. The Morgan fingerprint density at radius 1 is 1.12 bits per heavy atom. The SMILES string of the molecule is CCC(CC)(CO)CN(C)c1ccc(O)cc1. The summed E-state index contributed by atoms with van der Waals surface area (Å²) in [6, 6.07) is 7.15. The summed E-state index contributed by atoms with van der Waals surface area (Å²) in [5.41, 5.74) is 1.02. The van der Waals surface area contributed by atoms with Crippen molar-refractivity contribution in [2.75, 3.05) is 25.1 Å². The summed E-state index contributed by atoms with van der Waals surface area (Å²) in [6.07, 6.45) is 1.92. The Morgan fingerprint density at radius 2 is 1.65 bits per heavy atom. The normalized spacial score (nSPS) is 11.5. The van der Waals surface area contributed by atoms with Gasteiger partial charge in [-0.3, -0.25) is 0 Å². The zero-order valence-electron chi connectivity index (χ0n) is 11.0. The molecule has 96 valence electrons. The maximum absolute atomic E-state index is 9.55. The van der Waals surface area contributed by atoms with Gasteiger partial charge in [-0.05, 0) is 37.1 Å². The van der Waals surface area contributed by atoms with Crippen LogP contribution in [-0.2, 0) is 0 Å². The lowest BCUT2D eigenvalue weighted by molar-refractivity contribution is 0.121. The number of rotatable bonds is 6. The zero-order valence-corrected chi connectivity index (χ0v) is 11.0. The van der Waals surface area contributed by atoms with Crippen LogP contribution in [0.2, 0.25) is 0 Å². The molecule has 3 heteroatoms. The van der Waals surface area contributed by atoms with Gasteiger partial charge in [0.2, 0.25) is 0 Å². The third-order valence-corrected chi connectivity index (χ3v) is 3.70. The number of hydrogen-bond donors (Lipinski definition) is 2. The number of anilines is 1. The van der Waals surface area contributed by atoms with E-state index in [1.165, 1.54) is 0 Å². The second kappa shape index (κ2) is 5.92. The third-order valence-electron chi connectivity index (χ3n) is 3.70. The largest absolute Gasteiger partial charge is 0.508 e. The number of phenols is 1. The van der Waals surface area contributed by atoms with Gasteiger partial charge in [0.05, 0.1) is 6.61 Å². The maximum atomic E-state index is 9.55. The number of aromatic hydroxyl groups is 1. The lowest BCUT2D eigenvalue weighted by Gasteiger charge is -2.35. The predicted octanol–water partition coefficient (Wildman–Crippen LogP) is 2.63. The molecule has 0 fully saturated rings. The van der Waals surface area contributed by atoms with Gasteiger partial charge in [-0.15, -0.1) is 0 Å². The minimum absolute atomic E-state index is 0.0351. The number of aliphatic hydroxyl groups is 1. The molecule has 0 unspecified atom stereocenters. The van der Waals surface area contributed by atoms with Gasteiger partial charge in [0.15, 0.2) is 0 Å². The van der Waals surface area contributed by atoms with Crippen molar-refractivity contribution in [1.29, 1.82) is 0 Å². The van der Waals surface area contributed by atoms with Crippen LogP contribution in [0.3, 0.4) is 0 Å². The number of aliphatic hydroxyl groups excluding tert-OH is 1. The molecule has 0 aliphatic rings. The zero-order chi connectivity index (χ0) is 12.9. The highest BCUT2D eigenvalue weighted by Crippen LogP contribution is 2.29. The van der Waals surface area contributed by atoms with Crippen LogP contribution in [0, 0.1) is 5.41 Å². The van der Waals surface area contributed by atoms with Gasteiger partial charge < -0.3 is 15.1 Å².